The highest BCUT2D eigenvalue weighted by molar-refractivity contribution is 7.15. The van der Waals surface area contributed by atoms with E-state index in [2.05, 4.69) is 15.5 Å². The SMILES string of the molecule is Cc1ccc(Cl)c(OCC(=O)Nc2nnc(C)s2)c1. The van der Waals surface area contributed by atoms with E-state index >= 15 is 0 Å². The first-order chi connectivity index (χ1) is 9.04. The van der Waals surface area contributed by atoms with E-state index < -0.39 is 0 Å². The number of carbonyl (C=O) groups is 1. The maximum Gasteiger partial charge on any atom is 0.264 e. The largest absolute Gasteiger partial charge is 0.482 e. The van der Waals surface area contributed by atoms with Crippen LogP contribution < -0.4 is 10.1 Å². The normalized spacial score (nSPS) is 10.3. The zero-order chi connectivity index (χ0) is 13.8. The molecule has 0 spiro atoms. The van der Waals surface area contributed by atoms with Gasteiger partial charge in [0.15, 0.2) is 6.61 Å². The fraction of sp³-hybridized carbons (Fsp3) is 0.250. The Labute approximate surface area is 119 Å². The van der Waals surface area contributed by atoms with Gasteiger partial charge >= 0.3 is 0 Å². The number of ether oxygens (including phenoxy) is 1. The first-order valence-corrected chi connectivity index (χ1v) is 6.73. The van der Waals surface area contributed by atoms with Crippen LogP contribution in [0.2, 0.25) is 5.02 Å². The molecule has 0 aliphatic carbocycles. The summed E-state index contributed by atoms with van der Waals surface area (Å²) in [6.45, 7) is 3.62. The van der Waals surface area contributed by atoms with Crippen LogP contribution in [-0.2, 0) is 4.79 Å². The molecule has 2 rings (SSSR count). The summed E-state index contributed by atoms with van der Waals surface area (Å²) in [6.07, 6.45) is 0. The van der Waals surface area contributed by atoms with Crippen LogP contribution in [0.4, 0.5) is 5.13 Å². The van der Waals surface area contributed by atoms with Crippen molar-refractivity contribution >= 4 is 34.0 Å². The number of halogens is 1. The molecule has 0 atom stereocenters. The molecular weight excluding hydrogens is 286 g/mol. The summed E-state index contributed by atoms with van der Waals surface area (Å²) in [6, 6.07) is 5.39. The fourth-order valence-electron chi connectivity index (χ4n) is 1.37. The Morgan fingerprint density at radius 2 is 2.21 bits per heavy atom. The molecule has 0 aliphatic rings. The van der Waals surface area contributed by atoms with E-state index in [0.29, 0.717) is 15.9 Å². The fourth-order valence-corrected chi connectivity index (χ4v) is 2.15. The number of nitrogens with one attached hydrogen (secondary N) is 1. The molecule has 2 aromatic rings. The quantitative estimate of drug-likeness (QED) is 0.942. The van der Waals surface area contributed by atoms with E-state index in [4.69, 9.17) is 16.3 Å². The van der Waals surface area contributed by atoms with Crippen LogP contribution in [0, 0.1) is 13.8 Å². The molecule has 0 aliphatic heterocycles. The van der Waals surface area contributed by atoms with Crippen molar-refractivity contribution in [3.63, 3.8) is 0 Å². The van der Waals surface area contributed by atoms with Gasteiger partial charge in [-0.2, -0.15) is 0 Å². The van der Waals surface area contributed by atoms with Crippen molar-refractivity contribution in [2.24, 2.45) is 0 Å². The number of amides is 1. The van der Waals surface area contributed by atoms with Crippen molar-refractivity contribution < 1.29 is 9.53 Å². The number of nitrogens with zero attached hydrogens (tertiary/aromatic N) is 2. The molecule has 0 bridgehead atoms. The monoisotopic (exact) mass is 297 g/mol. The minimum absolute atomic E-state index is 0.123. The lowest BCUT2D eigenvalue weighted by atomic mass is 10.2. The van der Waals surface area contributed by atoms with Crippen molar-refractivity contribution in [3.8, 4) is 5.75 Å². The lowest BCUT2D eigenvalue weighted by Crippen LogP contribution is -2.20. The second kappa shape index (κ2) is 5.99. The summed E-state index contributed by atoms with van der Waals surface area (Å²) < 4.78 is 5.37. The van der Waals surface area contributed by atoms with Gasteiger partial charge in [-0.05, 0) is 31.5 Å². The van der Waals surface area contributed by atoms with E-state index in [0.717, 1.165) is 10.6 Å². The Bertz CT molecular complexity index is 600. The average Bonchev–Trinajstić information content (AvgIpc) is 2.76. The van der Waals surface area contributed by atoms with Gasteiger partial charge in [-0.25, -0.2) is 0 Å². The molecule has 1 aromatic heterocycles. The van der Waals surface area contributed by atoms with Gasteiger partial charge in [0.2, 0.25) is 5.13 Å². The Morgan fingerprint density at radius 1 is 1.42 bits per heavy atom. The number of carbonyl (C=O) groups excluding carboxylic acids is 1. The van der Waals surface area contributed by atoms with Gasteiger partial charge in [0.25, 0.3) is 5.91 Å². The van der Waals surface area contributed by atoms with Gasteiger partial charge in [0, 0.05) is 0 Å². The Hall–Kier alpha value is -1.66. The van der Waals surface area contributed by atoms with Crippen LogP contribution in [0.15, 0.2) is 18.2 Å². The number of rotatable bonds is 4. The first kappa shape index (κ1) is 13.8. The average molecular weight is 298 g/mol. The smallest absolute Gasteiger partial charge is 0.264 e. The van der Waals surface area contributed by atoms with Gasteiger partial charge in [0.1, 0.15) is 10.8 Å². The van der Waals surface area contributed by atoms with Crippen molar-refractivity contribution in [1.29, 1.82) is 0 Å². The molecule has 1 aromatic carbocycles. The van der Waals surface area contributed by atoms with E-state index in [1.165, 1.54) is 11.3 Å². The molecule has 19 heavy (non-hydrogen) atoms. The maximum absolute atomic E-state index is 11.7. The van der Waals surface area contributed by atoms with Crippen molar-refractivity contribution in [2.45, 2.75) is 13.8 Å². The van der Waals surface area contributed by atoms with Gasteiger partial charge < -0.3 is 4.74 Å². The minimum atomic E-state index is -0.297. The third kappa shape index (κ3) is 3.90. The summed E-state index contributed by atoms with van der Waals surface area (Å²) >= 11 is 7.27. The Morgan fingerprint density at radius 3 is 2.89 bits per heavy atom. The molecule has 0 fully saturated rings. The highest BCUT2D eigenvalue weighted by atomic mass is 35.5. The third-order valence-electron chi connectivity index (χ3n) is 2.22. The van der Waals surface area contributed by atoms with Crippen LogP contribution in [0.5, 0.6) is 5.75 Å². The summed E-state index contributed by atoms with van der Waals surface area (Å²) in [7, 11) is 0. The molecule has 100 valence electrons. The molecule has 0 radical (unpaired) electrons. The predicted molar refractivity (Wildman–Crippen MR) is 75.0 cm³/mol. The van der Waals surface area contributed by atoms with Gasteiger partial charge in [-0.3, -0.25) is 10.1 Å². The molecular formula is C12H12ClN3O2S. The summed E-state index contributed by atoms with van der Waals surface area (Å²) in [4.78, 5) is 11.7. The van der Waals surface area contributed by atoms with E-state index in [-0.39, 0.29) is 12.5 Å². The molecule has 5 nitrogen and oxygen atoms in total. The lowest BCUT2D eigenvalue weighted by Gasteiger charge is -2.08. The highest BCUT2D eigenvalue weighted by Crippen LogP contribution is 2.25. The number of benzene rings is 1. The van der Waals surface area contributed by atoms with Crippen molar-refractivity contribution in [3.05, 3.63) is 33.8 Å². The van der Waals surface area contributed by atoms with Crippen LogP contribution in [0.25, 0.3) is 0 Å². The second-order valence-corrected chi connectivity index (χ2v) is 5.49. The number of hydrogen-bond acceptors (Lipinski definition) is 5. The van der Waals surface area contributed by atoms with Gasteiger partial charge in [0.05, 0.1) is 5.02 Å². The highest BCUT2D eigenvalue weighted by Gasteiger charge is 2.09. The van der Waals surface area contributed by atoms with Crippen LogP contribution in [0.3, 0.4) is 0 Å². The summed E-state index contributed by atoms with van der Waals surface area (Å²) in [5.74, 6) is 0.194. The van der Waals surface area contributed by atoms with E-state index in [1.807, 2.05) is 19.9 Å². The zero-order valence-electron chi connectivity index (χ0n) is 10.4. The Balaban J connectivity index is 1.91. The molecule has 0 saturated carbocycles. The summed E-state index contributed by atoms with van der Waals surface area (Å²) in [5.41, 5.74) is 1.01. The predicted octanol–water partition coefficient (Wildman–Crippen LogP) is 2.83. The second-order valence-electron chi connectivity index (χ2n) is 3.90. The van der Waals surface area contributed by atoms with Gasteiger partial charge in [-0.1, -0.05) is 29.0 Å². The summed E-state index contributed by atoms with van der Waals surface area (Å²) in [5, 5.41) is 11.9. The van der Waals surface area contributed by atoms with Crippen LogP contribution in [0.1, 0.15) is 10.6 Å². The maximum atomic E-state index is 11.7. The topological polar surface area (TPSA) is 64.1 Å². The molecule has 0 unspecified atom stereocenters. The number of hydrogen-bond donors (Lipinski definition) is 1. The Kier molecular flexibility index (Phi) is 4.34. The van der Waals surface area contributed by atoms with Crippen LogP contribution in [-0.4, -0.2) is 22.7 Å². The molecule has 1 heterocycles. The molecule has 1 amide bonds. The third-order valence-corrected chi connectivity index (χ3v) is 3.28. The van der Waals surface area contributed by atoms with E-state index in [9.17, 15) is 4.79 Å². The van der Waals surface area contributed by atoms with E-state index in [1.54, 1.807) is 12.1 Å². The van der Waals surface area contributed by atoms with Crippen molar-refractivity contribution in [2.75, 3.05) is 11.9 Å². The lowest BCUT2D eigenvalue weighted by molar-refractivity contribution is -0.118. The molecule has 0 saturated heterocycles. The van der Waals surface area contributed by atoms with Crippen LogP contribution >= 0.6 is 22.9 Å². The van der Waals surface area contributed by atoms with Crippen molar-refractivity contribution in [1.82, 2.24) is 10.2 Å². The molecule has 1 N–H and O–H groups in total. The minimum Gasteiger partial charge on any atom is -0.482 e. The number of aryl methyl sites for hydroxylation is 2. The standard InChI is InChI=1S/C12H12ClN3O2S/c1-7-3-4-9(13)10(5-7)18-6-11(17)14-12-16-15-8(2)19-12/h3-5H,6H2,1-2H3,(H,14,16,17). The molecule has 7 heteroatoms. The number of anilines is 1. The van der Waals surface area contributed by atoms with Gasteiger partial charge in [-0.15, -0.1) is 10.2 Å². The number of aromatic nitrogens is 2. The first-order valence-electron chi connectivity index (χ1n) is 5.53. The zero-order valence-corrected chi connectivity index (χ0v) is 12.0.